The Kier molecular flexibility index (Phi) is 7.39. The molecule has 0 spiro atoms. The van der Waals surface area contributed by atoms with E-state index < -0.39 is 0 Å². The van der Waals surface area contributed by atoms with Crippen molar-refractivity contribution >= 4 is 5.91 Å². The molecule has 112 valence electrons. The molecule has 1 rings (SSSR count). The van der Waals surface area contributed by atoms with E-state index in [4.69, 9.17) is 0 Å². The van der Waals surface area contributed by atoms with Crippen LogP contribution in [0.25, 0.3) is 0 Å². The van der Waals surface area contributed by atoms with E-state index in [1.165, 1.54) is 25.7 Å². The summed E-state index contributed by atoms with van der Waals surface area (Å²) in [6.45, 7) is 4.72. The lowest BCUT2D eigenvalue weighted by molar-refractivity contribution is -0.121. The van der Waals surface area contributed by atoms with Crippen LogP contribution in [-0.4, -0.2) is 62.5 Å². The zero-order valence-electron chi connectivity index (χ0n) is 13.1. The highest BCUT2D eigenvalue weighted by atomic mass is 16.1. The molecule has 1 fully saturated rings. The van der Waals surface area contributed by atoms with Crippen molar-refractivity contribution in [3.63, 3.8) is 0 Å². The number of nitrogens with one attached hydrogen (secondary N) is 1. The first-order valence-corrected chi connectivity index (χ1v) is 7.60. The Labute approximate surface area is 118 Å². The van der Waals surface area contributed by atoms with Gasteiger partial charge in [0.1, 0.15) is 0 Å². The molecule has 0 radical (unpaired) electrons. The Morgan fingerprint density at radius 1 is 1.16 bits per heavy atom. The minimum Gasteiger partial charge on any atom is -0.355 e. The van der Waals surface area contributed by atoms with Crippen LogP contribution in [0.15, 0.2) is 0 Å². The van der Waals surface area contributed by atoms with E-state index >= 15 is 0 Å². The second-order valence-electron chi connectivity index (χ2n) is 6.34. The first kappa shape index (κ1) is 16.4. The van der Waals surface area contributed by atoms with Gasteiger partial charge in [0.25, 0.3) is 0 Å². The Hall–Kier alpha value is -0.610. The molecule has 1 N–H and O–H groups in total. The molecule has 4 heteroatoms. The van der Waals surface area contributed by atoms with Gasteiger partial charge in [0.2, 0.25) is 5.91 Å². The molecule has 0 aromatic rings. The van der Waals surface area contributed by atoms with Crippen molar-refractivity contribution in [2.45, 2.75) is 45.1 Å². The maximum Gasteiger partial charge on any atom is 0.234 e. The maximum atomic E-state index is 11.5. The Bertz CT molecular complexity index is 260. The first-order chi connectivity index (χ1) is 8.99. The second kappa shape index (κ2) is 8.54. The molecule has 1 saturated carbocycles. The third-order valence-electron chi connectivity index (χ3n) is 4.08. The summed E-state index contributed by atoms with van der Waals surface area (Å²) in [6, 6.07) is 0.758. The third-order valence-corrected chi connectivity index (χ3v) is 4.08. The number of likely N-dealkylation sites (N-methyl/N-ethyl adjacent to an activating group) is 1. The fourth-order valence-corrected chi connectivity index (χ4v) is 2.77. The molecule has 0 aromatic heterocycles. The largest absolute Gasteiger partial charge is 0.355 e. The number of carbonyl (C=O) groups excluding carboxylic acids is 1. The van der Waals surface area contributed by atoms with E-state index in [0.29, 0.717) is 6.54 Å². The van der Waals surface area contributed by atoms with Crippen LogP contribution < -0.4 is 5.32 Å². The molecule has 0 heterocycles. The third kappa shape index (κ3) is 6.92. The lowest BCUT2D eigenvalue weighted by atomic mass is 9.87. The molecule has 0 aromatic carbocycles. The zero-order chi connectivity index (χ0) is 14.3. The highest BCUT2D eigenvalue weighted by molar-refractivity contribution is 5.77. The highest BCUT2D eigenvalue weighted by Gasteiger charge is 2.21. The normalized spacial score (nSPS) is 23.9. The van der Waals surface area contributed by atoms with Gasteiger partial charge in [-0.3, -0.25) is 4.79 Å². The number of rotatable bonds is 7. The summed E-state index contributed by atoms with van der Waals surface area (Å²) in [5, 5.41) is 2.97. The molecule has 0 aliphatic heterocycles. The summed E-state index contributed by atoms with van der Waals surface area (Å²) in [7, 11) is 6.05. The van der Waals surface area contributed by atoms with Gasteiger partial charge in [-0.2, -0.15) is 0 Å². The predicted octanol–water partition coefficient (Wildman–Crippen LogP) is 1.56. The van der Waals surface area contributed by atoms with Gasteiger partial charge >= 0.3 is 0 Å². The number of amides is 1. The smallest absolute Gasteiger partial charge is 0.234 e. The van der Waals surface area contributed by atoms with Crippen LogP contribution in [-0.2, 0) is 4.79 Å². The van der Waals surface area contributed by atoms with E-state index in [1.54, 1.807) is 0 Å². The van der Waals surface area contributed by atoms with Gasteiger partial charge in [-0.15, -0.1) is 0 Å². The lowest BCUT2D eigenvalue weighted by Crippen LogP contribution is -2.38. The van der Waals surface area contributed by atoms with E-state index in [0.717, 1.165) is 31.5 Å². The van der Waals surface area contributed by atoms with Crippen molar-refractivity contribution in [1.82, 2.24) is 15.1 Å². The lowest BCUT2D eigenvalue weighted by Gasteiger charge is -2.33. The minimum atomic E-state index is 0.124. The van der Waals surface area contributed by atoms with E-state index in [1.807, 2.05) is 19.0 Å². The molecule has 1 aliphatic rings. The van der Waals surface area contributed by atoms with Gasteiger partial charge in [-0.25, -0.2) is 0 Å². The standard InChI is InChI=1S/C15H31N3O/c1-13-6-8-14(9-7-13)18(4)11-5-10-16-15(19)12-17(2)3/h13-14H,5-12H2,1-4H3,(H,16,19). The molecular formula is C15H31N3O. The number of nitrogens with zero attached hydrogens (tertiary/aromatic N) is 2. The Morgan fingerprint density at radius 2 is 1.79 bits per heavy atom. The fraction of sp³-hybridized carbons (Fsp3) is 0.933. The van der Waals surface area contributed by atoms with Crippen LogP contribution in [0.3, 0.4) is 0 Å². The van der Waals surface area contributed by atoms with Crippen LogP contribution in [0.1, 0.15) is 39.0 Å². The van der Waals surface area contributed by atoms with Crippen LogP contribution >= 0.6 is 0 Å². The van der Waals surface area contributed by atoms with Crippen molar-refractivity contribution in [3.8, 4) is 0 Å². The number of hydrogen-bond donors (Lipinski definition) is 1. The van der Waals surface area contributed by atoms with E-state index in [-0.39, 0.29) is 5.91 Å². The molecule has 1 aliphatic carbocycles. The van der Waals surface area contributed by atoms with Crippen LogP contribution in [0, 0.1) is 5.92 Å². The molecule has 0 atom stereocenters. The Morgan fingerprint density at radius 3 is 2.37 bits per heavy atom. The molecule has 1 amide bonds. The SMILES string of the molecule is CC1CCC(N(C)CCCNC(=O)CN(C)C)CC1. The molecule has 0 bridgehead atoms. The van der Waals surface area contributed by atoms with Gasteiger partial charge in [-0.05, 0) is 65.7 Å². The van der Waals surface area contributed by atoms with Crippen molar-refractivity contribution in [1.29, 1.82) is 0 Å². The average molecular weight is 269 g/mol. The van der Waals surface area contributed by atoms with Crippen molar-refractivity contribution in [3.05, 3.63) is 0 Å². The van der Waals surface area contributed by atoms with Crippen LogP contribution in [0.5, 0.6) is 0 Å². The summed E-state index contributed by atoms with van der Waals surface area (Å²) in [6.07, 6.45) is 6.46. The van der Waals surface area contributed by atoms with E-state index in [2.05, 4.69) is 24.2 Å². The van der Waals surface area contributed by atoms with Crippen molar-refractivity contribution < 1.29 is 4.79 Å². The summed E-state index contributed by atoms with van der Waals surface area (Å²) >= 11 is 0. The van der Waals surface area contributed by atoms with Gasteiger partial charge in [0.15, 0.2) is 0 Å². The summed E-state index contributed by atoms with van der Waals surface area (Å²) < 4.78 is 0. The summed E-state index contributed by atoms with van der Waals surface area (Å²) in [5.74, 6) is 1.04. The molecule has 0 unspecified atom stereocenters. The maximum absolute atomic E-state index is 11.5. The topological polar surface area (TPSA) is 35.6 Å². The quantitative estimate of drug-likeness (QED) is 0.713. The predicted molar refractivity (Wildman–Crippen MR) is 80.2 cm³/mol. The minimum absolute atomic E-state index is 0.124. The Balaban J connectivity index is 2.07. The number of carbonyl (C=O) groups is 1. The van der Waals surface area contributed by atoms with Gasteiger partial charge in [0.05, 0.1) is 6.54 Å². The average Bonchev–Trinajstić information content (AvgIpc) is 2.34. The van der Waals surface area contributed by atoms with Crippen LogP contribution in [0.4, 0.5) is 0 Å². The van der Waals surface area contributed by atoms with Crippen molar-refractivity contribution in [2.24, 2.45) is 5.92 Å². The van der Waals surface area contributed by atoms with Gasteiger partial charge in [-0.1, -0.05) is 6.92 Å². The van der Waals surface area contributed by atoms with Crippen molar-refractivity contribution in [2.75, 3.05) is 40.8 Å². The second-order valence-corrected chi connectivity index (χ2v) is 6.34. The molecule has 4 nitrogen and oxygen atoms in total. The van der Waals surface area contributed by atoms with Gasteiger partial charge in [0, 0.05) is 12.6 Å². The van der Waals surface area contributed by atoms with Gasteiger partial charge < -0.3 is 15.1 Å². The van der Waals surface area contributed by atoms with E-state index in [9.17, 15) is 4.79 Å². The summed E-state index contributed by atoms with van der Waals surface area (Å²) in [5.41, 5.74) is 0. The fourth-order valence-electron chi connectivity index (χ4n) is 2.77. The number of hydrogen-bond acceptors (Lipinski definition) is 3. The first-order valence-electron chi connectivity index (χ1n) is 7.60. The zero-order valence-corrected chi connectivity index (χ0v) is 13.1. The highest BCUT2D eigenvalue weighted by Crippen LogP contribution is 2.26. The molecule has 19 heavy (non-hydrogen) atoms. The van der Waals surface area contributed by atoms with Crippen LogP contribution in [0.2, 0.25) is 0 Å². The molecular weight excluding hydrogens is 238 g/mol. The molecule has 0 saturated heterocycles. The summed E-state index contributed by atoms with van der Waals surface area (Å²) in [4.78, 5) is 15.8. The monoisotopic (exact) mass is 269 g/mol.